The van der Waals surface area contributed by atoms with Crippen molar-refractivity contribution in [2.75, 3.05) is 24.6 Å². The zero-order valence-electron chi connectivity index (χ0n) is 23.8. The van der Waals surface area contributed by atoms with Gasteiger partial charge in [-0.3, -0.25) is 9.78 Å². The van der Waals surface area contributed by atoms with Crippen LogP contribution in [0, 0.1) is 12.7 Å². The summed E-state index contributed by atoms with van der Waals surface area (Å²) in [6.07, 6.45) is 2.99. The molecule has 0 N–H and O–H groups in total. The van der Waals surface area contributed by atoms with Crippen molar-refractivity contribution in [3.63, 3.8) is 0 Å². The van der Waals surface area contributed by atoms with Gasteiger partial charge in [-0.1, -0.05) is 44.2 Å². The SMILES string of the molecule is C=CC(=O)N1C[C@@H]2COc3c(Cl)c(-c4ccccc4F)nc4c3c(nc(=O)n4-c3c(C)ccnc3C(C)C)N2[C@@H](C)C1. The first-order chi connectivity index (χ1) is 20.1. The zero-order valence-corrected chi connectivity index (χ0v) is 24.5. The standard InChI is InChI=1S/C31H30ClFN6O3/c1-6-22(40)37-13-18(5)38-19(14-37)15-42-28-23-29(35-26(24(28)32)20-9-7-8-10-21(20)33)39(31(41)36-30(23)38)27-17(4)11-12-34-25(27)16(2)3/h6-12,16,18-19H,1,13-15H2,2-5H3/t18-,19+/m0/s1. The molecule has 1 amide bonds. The third kappa shape index (κ3) is 4.32. The number of carbonyl (C=O) groups is 1. The van der Waals surface area contributed by atoms with Gasteiger partial charge in [0.05, 0.1) is 23.1 Å². The van der Waals surface area contributed by atoms with E-state index in [2.05, 4.69) is 16.5 Å². The van der Waals surface area contributed by atoms with Crippen LogP contribution in [0.3, 0.4) is 0 Å². The van der Waals surface area contributed by atoms with Crippen molar-refractivity contribution >= 4 is 34.4 Å². The first-order valence-corrected chi connectivity index (χ1v) is 14.2. The van der Waals surface area contributed by atoms with Gasteiger partial charge >= 0.3 is 5.69 Å². The monoisotopic (exact) mass is 588 g/mol. The van der Waals surface area contributed by atoms with Gasteiger partial charge in [0.25, 0.3) is 0 Å². The lowest BCUT2D eigenvalue weighted by Gasteiger charge is -2.45. The van der Waals surface area contributed by atoms with Gasteiger partial charge in [-0.2, -0.15) is 4.98 Å². The van der Waals surface area contributed by atoms with E-state index in [9.17, 15) is 9.59 Å². The summed E-state index contributed by atoms with van der Waals surface area (Å²) in [5, 5.41) is 0.551. The topological polar surface area (TPSA) is 93.5 Å². The number of piperazine rings is 1. The van der Waals surface area contributed by atoms with Crippen molar-refractivity contribution in [1.29, 1.82) is 0 Å². The fraction of sp³-hybridized carbons (Fsp3) is 0.323. The van der Waals surface area contributed by atoms with Crippen molar-refractivity contribution in [2.45, 2.75) is 45.7 Å². The Kier molecular flexibility index (Phi) is 6.97. The van der Waals surface area contributed by atoms with Crippen molar-refractivity contribution in [3.05, 3.63) is 81.8 Å². The third-order valence-electron chi connectivity index (χ3n) is 7.89. The minimum Gasteiger partial charge on any atom is -0.489 e. The van der Waals surface area contributed by atoms with Crippen LogP contribution in [0.4, 0.5) is 10.2 Å². The first-order valence-electron chi connectivity index (χ1n) is 13.8. The second-order valence-corrected chi connectivity index (χ2v) is 11.4. The summed E-state index contributed by atoms with van der Waals surface area (Å²) in [7, 11) is 0. The predicted molar refractivity (Wildman–Crippen MR) is 160 cm³/mol. The normalized spacial score (nSPS) is 18.1. The quantitative estimate of drug-likeness (QED) is 0.308. The highest BCUT2D eigenvalue weighted by atomic mass is 35.5. The Morgan fingerprint density at radius 3 is 2.69 bits per heavy atom. The van der Waals surface area contributed by atoms with Crippen molar-refractivity contribution in [2.24, 2.45) is 0 Å². The Hall–Kier alpha value is -4.31. The molecule has 0 unspecified atom stereocenters. The summed E-state index contributed by atoms with van der Waals surface area (Å²) in [4.78, 5) is 44.5. The highest BCUT2D eigenvalue weighted by Gasteiger charge is 2.40. The summed E-state index contributed by atoms with van der Waals surface area (Å²) in [5.41, 5.74) is 2.05. The molecule has 5 heterocycles. The van der Waals surface area contributed by atoms with Crippen LogP contribution in [-0.2, 0) is 4.79 Å². The molecule has 42 heavy (non-hydrogen) atoms. The van der Waals surface area contributed by atoms with Gasteiger partial charge < -0.3 is 14.5 Å². The molecular formula is C31H30ClFN6O3. The Labute approximate surface area is 247 Å². The van der Waals surface area contributed by atoms with Crippen LogP contribution < -0.4 is 15.3 Å². The molecule has 2 atom stereocenters. The molecule has 11 heteroatoms. The summed E-state index contributed by atoms with van der Waals surface area (Å²) in [6, 6.07) is 7.46. The van der Waals surface area contributed by atoms with Gasteiger partial charge in [0.2, 0.25) is 5.91 Å². The van der Waals surface area contributed by atoms with Gasteiger partial charge in [-0.15, -0.1) is 0 Å². The van der Waals surface area contributed by atoms with E-state index in [4.69, 9.17) is 21.3 Å². The molecule has 2 aliphatic rings. The average Bonchev–Trinajstić information content (AvgIpc) is 3.12. The number of hydrogen-bond acceptors (Lipinski definition) is 7. The van der Waals surface area contributed by atoms with E-state index in [0.29, 0.717) is 35.7 Å². The Bertz CT molecular complexity index is 1820. The molecule has 216 valence electrons. The fourth-order valence-corrected chi connectivity index (χ4v) is 6.30. The van der Waals surface area contributed by atoms with Crippen LogP contribution in [-0.4, -0.2) is 62.1 Å². The van der Waals surface area contributed by atoms with E-state index >= 15 is 4.39 Å². The first kappa shape index (κ1) is 27.8. The summed E-state index contributed by atoms with van der Waals surface area (Å²) >= 11 is 6.98. The molecule has 2 aliphatic heterocycles. The van der Waals surface area contributed by atoms with Crippen LogP contribution >= 0.6 is 11.6 Å². The Balaban J connectivity index is 1.72. The number of rotatable bonds is 4. The number of fused-ring (bicyclic) bond motifs is 2. The third-order valence-corrected chi connectivity index (χ3v) is 8.24. The van der Waals surface area contributed by atoms with E-state index < -0.39 is 11.5 Å². The van der Waals surface area contributed by atoms with Crippen LogP contribution in [0.1, 0.15) is 37.9 Å². The maximum Gasteiger partial charge on any atom is 0.355 e. The van der Waals surface area contributed by atoms with E-state index in [0.717, 1.165) is 5.56 Å². The van der Waals surface area contributed by atoms with Crippen molar-refractivity contribution in [3.8, 4) is 22.7 Å². The van der Waals surface area contributed by atoms with E-state index in [1.54, 1.807) is 29.3 Å². The number of nitrogens with zero attached hydrogens (tertiary/aromatic N) is 6. The molecule has 1 aromatic carbocycles. The van der Waals surface area contributed by atoms with Crippen LogP contribution in [0.2, 0.25) is 5.02 Å². The maximum atomic E-state index is 15.2. The fourth-order valence-electron chi connectivity index (χ4n) is 6.01. The lowest BCUT2D eigenvalue weighted by Crippen LogP contribution is -2.61. The molecule has 0 bridgehead atoms. The van der Waals surface area contributed by atoms with Gasteiger partial charge in [0.15, 0.2) is 11.4 Å². The molecule has 4 aromatic rings. The smallest absolute Gasteiger partial charge is 0.355 e. The number of ether oxygens (including phenoxy) is 1. The minimum atomic E-state index is -0.562. The lowest BCUT2D eigenvalue weighted by atomic mass is 10.0. The second kappa shape index (κ2) is 10.5. The predicted octanol–water partition coefficient (Wildman–Crippen LogP) is 5.05. The Morgan fingerprint density at radius 2 is 1.98 bits per heavy atom. The largest absolute Gasteiger partial charge is 0.489 e. The maximum absolute atomic E-state index is 15.2. The van der Waals surface area contributed by atoms with Crippen LogP contribution in [0.25, 0.3) is 28.0 Å². The number of anilines is 1. The summed E-state index contributed by atoms with van der Waals surface area (Å²) in [6.45, 7) is 12.4. The molecular weight excluding hydrogens is 559 g/mol. The average molecular weight is 589 g/mol. The van der Waals surface area contributed by atoms with Gasteiger partial charge in [0.1, 0.15) is 28.7 Å². The number of hydrogen-bond donors (Lipinski definition) is 0. The zero-order chi connectivity index (χ0) is 29.9. The van der Waals surface area contributed by atoms with Crippen molar-refractivity contribution < 1.29 is 13.9 Å². The van der Waals surface area contributed by atoms with Crippen LogP contribution in [0.5, 0.6) is 5.75 Å². The number of benzene rings is 1. The molecule has 6 rings (SSSR count). The Morgan fingerprint density at radius 1 is 1.21 bits per heavy atom. The van der Waals surface area contributed by atoms with Crippen molar-refractivity contribution in [1.82, 2.24) is 24.4 Å². The second-order valence-electron chi connectivity index (χ2n) is 11.0. The lowest BCUT2D eigenvalue weighted by molar-refractivity contribution is -0.127. The number of aromatic nitrogens is 4. The van der Waals surface area contributed by atoms with Crippen LogP contribution in [0.15, 0.2) is 54.0 Å². The molecule has 0 spiro atoms. The highest BCUT2D eigenvalue weighted by Crippen LogP contribution is 2.46. The molecule has 0 aliphatic carbocycles. The molecule has 0 radical (unpaired) electrons. The number of halogens is 2. The number of amides is 1. The number of pyridine rings is 2. The van der Waals surface area contributed by atoms with E-state index in [1.807, 2.05) is 38.7 Å². The van der Waals surface area contributed by atoms with E-state index in [-0.39, 0.29) is 58.2 Å². The van der Waals surface area contributed by atoms with Gasteiger partial charge in [-0.25, -0.2) is 18.7 Å². The van der Waals surface area contributed by atoms with Gasteiger partial charge in [0, 0.05) is 30.9 Å². The molecule has 9 nitrogen and oxygen atoms in total. The minimum absolute atomic E-state index is 0.0221. The summed E-state index contributed by atoms with van der Waals surface area (Å²) in [5.74, 6) is -0.103. The number of carbonyl (C=O) groups excluding carboxylic acids is 1. The number of aryl methyl sites for hydroxylation is 1. The highest BCUT2D eigenvalue weighted by molar-refractivity contribution is 6.36. The summed E-state index contributed by atoms with van der Waals surface area (Å²) < 4.78 is 23.0. The van der Waals surface area contributed by atoms with E-state index in [1.165, 1.54) is 16.7 Å². The van der Waals surface area contributed by atoms with Gasteiger partial charge in [-0.05, 0) is 49.6 Å². The molecule has 0 saturated carbocycles. The molecule has 3 aromatic heterocycles. The molecule has 1 fully saturated rings. The molecule has 1 saturated heterocycles.